The van der Waals surface area contributed by atoms with E-state index < -0.39 is 6.09 Å². The molecule has 1 aliphatic rings. The number of benzene rings is 2. The van der Waals surface area contributed by atoms with Crippen LogP contribution in [0.5, 0.6) is 0 Å². The minimum absolute atomic E-state index is 0.169. The molecule has 8 heteroatoms. The number of aldehydes is 1. The lowest BCUT2D eigenvalue weighted by Gasteiger charge is -2.38. The predicted octanol–water partition coefficient (Wildman–Crippen LogP) is 4.19. The van der Waals surface area contributed by atoms with Crippen LogP contribution in [0.1, 0.15) is 27.6 Å². The lowest BCUT2D eigenvalue weighted by Crippen LogP contribution is -2.55. The van der Waals surface area contributed by atoms with Gasteiger partial charge in [-0.05, 0) is 25.1 Å². The van der Waals surface area contributed by atoms with Crippen LogP contribution in [0.2, 0.25) is 5.02 Å². The van der Waals surface area contributed by atoms with Crippen molar-refractivity contribution < 1.29 is 19.5 Å². The van der Waals surface area contributed by atoms with Crippen LogP contribution in [0, 0.1) is 0 Å². The molecule has 2 amide bonds. The molecule has 1 atom stereocenters. The first-order valence-electron chi connectivity index (χ1n) is 9.82. The molecule has 0 radical (unpaired) electrons. The maximum Gasteiger partial charge on any atom is 0.407 e. The van der Waals surface area contributed by atoms with Crippen molar-refractivity contribution >= 4 is 40.8 Å². The molecule has 3 aromatic rings. The highest BCUT2D eigenvalue weighted by atomic mass is 35.5. The van der Waals surface area contributed by atoms with E-state index in [1.165, 1.54) is 4.90 Å². The van der Waals surface area contributed by atoms with Gasteiger partial charge in [0.2, 0.25) is 0 Å². The lowest BCUT2D eigenvalue weighted by molar-refractivity contribution is 0.0507. The summed E-state index contributed by atoms with van der Waals surface area (Å²) in [5.41, 5.74) is 3.08. The van der Waals surface area contributed by atoms with Gasteiger partial charge in [0.05, 0.1) is 16.2 Å². The van der Waals surface area contributed by atoms with Crippen molar-refractivity contribution in [3.63, 3.8) is 0 Å². The van der Waals surface area contributed by atoms with Crippen LogP contribution in [0.15, 0.2) is 48.5 Å². The van der Waals surface area contributed by atoms with Gasteiger partial charge >= 0.3 is 6.09 Å². The first kappa shape index (κ1) is 20.8. The van der Waals surface area contributed by atoms with Crippen LogP contribution in [-0.4, -0.2) is 63.9 Å². The summed E-state index contributed by atoms with van der Waals surface area (Å²) in [6.45, 7) is 2.74. The average Bonchev–Trinajstić information content (AvgIpc) is 2.77. The molecule has 0 aliphatic carbocycles. The Kier molecular flexibility index (Phi) is 5.61. The van der Waals surface area contributed by atoms with E-state index in [0.29, 0.717) is 40.4 Å². The number of amides is 2. The Morgan fingerprint density at radius 2 is 1.87 bits per heavy atom. The highest BCUT2D eigenvalue weighted by molar-refractivity contribution is 6.35. The van der Waals surface area contributed by atoms with E-state index in [9.17, 15) is 19.5 Å². The third-order valence-corrected chi connectivity index (χ3v) is 5.82. The van der Waals surface area contributed by atoms with Crippen LogP contribution in [0.25, 0.3) is 22.2 Å². The standard InChI is InChI=1S/C23H20ClN3O4/c1-14-12-26(8-9-27(14)23(30)31)22(29)17-6-7-18-19(24)11-20(25-21(18)10-17)16-4-2-15(13-28)3-5-16/h2-7,10-11,13-14H,8-9,12H2,1H3,(H,30,31)/t14-/m1/s1. The quantitative estimate of drug-likeness (QED) is 0.620. The Labute approximate surface area is 183 Å². The molecule has 31 heavy (non-hydrogen) atoms. The summed E-state index contributed by atoms with van der Waals surface area (Å²) in [5, 5.41) is 10.5. The molecule has 0 bridgehead atoms. The summed E-state index contributed by atoms with van der Waals surface area (Å²) < 4.78 is 0. The number of fused-ring (bicyclic) bond motifs is 1. The van der Waals surface area contributed by atoms with Gasteiger partial charge in [-0.3, -0.25) is 9.59 Å². The third kappa shape index (κ3) is 4.09. The maximum atomic E-state index is 13.0. The van der Waals surface area contributed by atoms with E-state index in [-0.39, 0.29) is 18.5 Å². The molecular weight excluding hydrogens is 418 g/mol. The topological polar surface area (TPSA) is 90.8 Å². The molecule has 1 N–H and O–H groups in total. The van der Waals surface area contributed by atoms with Gasteiger partial charge in [-0.1, -0.05) is 41.9 Å². The number of aromatic nitrogens is 1. The molecule has 0 saturated carbocycles. The molecule has 7 nitrogen and oxygen atoms in total. The van der Waals surface area contributed by atoms with Crippen molar-refractivity contribution in [2.24, 2.45) is 0 Å². The van der Waals surface area contributed by atoms with E-state index in [1.54, 1.807) is 60.4 Å². The normalized spacial score (nSPS) is 16.4. The van der Waals surface area contributed by atoms with Crippen LogP contribution in [-0.2, 0) is 0 Å². The maximum absolute atomic E-state index is 13.0. The third-order valence-electron chi connectivity index (χ3n) is 5.51. The molecule has 1 saturated heterocycles. The zero-order valence-electron chi connectivity index (χ0n) is 16.8. The molecule has 158 valence electrons. The van der Waals surface area contributed by atoms with Gasteiger partial charge in [-0.15, -0.1) is 0 Å². The van der Waals surface area contributed by atoms with E-state index in [4.69, 9.17) is 11.6 Å². The Hall–Kier alpha value is -3.45. The lowest BCUT2D eigenvalue weighted by atomic mass is 10.1. The number of carboxylic acid groups (broad SMARTS) is 1. The number of rotatable bonds is 3. The van der Waals surface area contributed by atoms with Crippen LogP contribution in [0.4, 0.5) is 4.79 Å². The van der Waals surface area contributed by atoms with Crippen molar-refractivity contribution in [1.82, 2.24) is 14.8 Å². The van der Waals surface area contributed by atoms with Crippen LogP contribution in [0.3, 0.4) is 0 Å². The average molecular weight is 438 g/mol. The number of carbonyl (C=O) groups excluding carboxylic acids is 2. The van der Waals surface area contributed by atoms with Crippen molar-refractivity contribution in [2.45, 2.75) is 13.0 Å². The first-order chi connectivity index (χ1) is 14.9. The summed E-state index contributed by atoms with van der Waals surface area (Å²) in [6, 6.07) is 13.7. The van der Waals surface area contributed by atoms with E-state index in [1.807, 2.05) is 0 Å². The number of pyridine rings is 1. The fourth-order valence-corrected chi connectivity index (χ4v) is 4.07. The Bertz CT molecular complexity index is 1180. The van der Waals surface area contributed by atoms with E-state index in [0.717, 1.165) is 17.2 Å². The number of halogens is 1. The van der Waals surface area contributed by atoms with Gasteiger partial charge < -0.3 is 14.9 Å². The molecule has 4 rings (SSSR count). The summed E-state index contributed by atoms with van der Waals surface area (Å²) in [4.78, 5) is 42.9. The molecule has 2 aromatic carbocycles. The summed E-state index contributed by atoms with van der Waals surface area (Å²) >= 11 is 6.46. The SMILES string of the molecule is C[C@@H]1CN(C(=O)c2ccc3c(Cl)cc(-c4ccc(C=O)cc4)nc3c2)CCN1C(=O)O. The highest BCUT2D eigenvalue weighted by Gasteiger charge is 2.30. The molecule has 1 aromatic heterocycles. The minimum Gasteiger partial charge on any atom is -0.465 e. The second-order valence-electron chi connectivity index (χ2n) is 7.54. The fraction of sp³-hybridized carbons (Fsp3) is 0.217. The van der Waals surface area contributed by atoms with Crippen LogP contribution < -0.4 is 0 Å². The molecular formula is C23H20ClN3O4. The number of hydrogen-bond acceptors (Lipinski definition) is 4. The minimum atomic E-state index is -0.974. The Morgan fingerprint density at radius 1 is 1.13 bits per heavy atom. The smallest absolute Gasteiger partial charge is 0.407 e. The van der Waals surface area contributed by atoms with Gasteiger partial charge in [0.15, 0.2) is 0 Å². The Balaban J connectivity index is 1.64. The van der Waals surface area contributed by atoms with Gasteiger partial charge in [-0.2, -0.15) is 0 Å². The molecule has 1 fully saturated rings. The molecule has 0 spiro atoms. The van der Waals surface area contributed by atoms with E-state index in [2.05, 4.69) is 4.98 Å². The number of hydrogen-bond donors (Lipinski definition) is 1. The van der Waals surface area contributed by atoms with Crippen molar-refractivity contribution in [2.75, 3.05) is 19.6 Å². The van der Waals surface area contributed by atoms with Gasteiger partial charge in [0.1, 0.15) is 6.29 Å². The van der Waals surface area contributed by atoms with Crippen molar-refractivity contribution in [1.29, 1.82) is 0 Å². The Morgan fingerprint density at radius 3 is 2.52 bits per heavy atom. The monoisotopic (exact) mass is 437 g/mol. The fourth-order valence-electron chi connectivity index (χ4n) is 3.81. The molecule has 1 aliphatic heterocycles. The first-order valence-corrected chi connectivity index (χ1v) is 10.2. The van der Waals surface area contributed by atoms with Crippen molar-refractivity contribution in [3.8, 4) is 11.3 Å². The van der Waals surface area contributed by atoms with E-state index >= 15 is 0 Å². The van der Waals surface area contributed by atoms with Gasteiger partial charge in [0, 0.05) is 47.8 Å². The number of nitrogens with zero attached hydrogens (tertiary/aromatic N) is 3. The number of carbonyl (C=O) groups is 3. The number of piperazine rings is 1. The highest BCUT2D eigenvalue weighted by Crippen LogP contribution is 2.29. The second-order valence-corrected chi connectivity index (χ2v) is 7.94. The summed E-state index contributed by atoms with van der Waals surface area (Å²) in [7, 11) is 0. The molecule has 0 unspecified atom stereocenters. The zero-order valence-corrected chi connectivity index (χ0v) is 17.5. The van der Waals surface area contributed by atoms with Crippen LogP contribution >= 0.6 is 11.6 Å². The zero-order chi connectivity index (χ0) is 22.1. The second kappa shape index (κ2) is 8.35. The largest absolute Gasteiger partial charge is 0.465 e. The van der Waals surface area contributed by atoms with Gasteiger partial charge in [-0.25, -0.2) is 9.78 Å². The predicted molar refractivity (Wildman–Crippen MR) is 118 cm³/mol. The summed E-state index contributed by atoms with van der Waals surface area (Å²) in [5.74, 6) is -0.169. The van der Waals surface area contributed by atoms with Crippen molar-refractivity contribution in [3.05, 3.63) is 64.7 Å². The van der Waals surface area contributed by atoms with Gasteiger partial charge in [0.25, 0.3) is 5.91 Å². The molecule has 2 heterocycles. The summed E-state index contributed by atoms with van der Waals surface area (Å²) in [6.07, 6.45) is -0.197.